The van der Waals surface area contributed by atoms with Crippen LogP contribution in [-0.4, -0.2) is 24.7 Å². The van der Waals surface area contributed by atoms with Crippen LogP contribution in [0.1, 0.15) is 45.7 Å². The smallest absolute Gasteiger partial charge is 0.328 e. The molecule has 0 saturated carbocycles. The number of carbonyl (C=O) groups excluding carboxylic acids is 1. The van der Waals surface area contributed by atoms with Gasteiger partial charge in [-0.3, -0.25) is 0 Å². The Morgan fingerprint density at radius 2 is 1.86 bits per heavy atom. The normalized spacial score (nSPS) is 17.8. The molecule has 1 aromatic rings. The molecule has 3 heteroatoms. The highest BCUT2D eigenvalue weighted by Gasteiger charge is 2.41. The van der Waals surface area contributed by atoms with Crippen LogP contribution in [0.15, 0.2) is 24.3 Å². The minimum atomic E-state index is -0.302. The van der Waals surface area contributed by atoms with Gasteiger partial charge in [0.1, 0.15) is 6.04 Å². The van der Waals surface area contributed by atoms with Crippen LogP contribution < -0.4 is 4.90 Å². The van der Waals surface area contributed by atoms with Crippen molar-refractivity contribution in [2.45, 2.75) is 53.1 Å². The van der Waals surface area contributed by atoms with Crippen molar-refractivity contribution in [3.8, 4) is 0 Å². The van der Waals surface area contributed by atoms with E-state index in [1.807, 2.05) is 0 Å². The van der Waals surface area contributed by atoms with E-state index in [1.165, 1.54) is 23.8 Å². The minimum absolute atomic E-state index is 0.158. The van der Waals surface area contributed by atoms with Crippen molar-refractivity contribution in [2.75, 3.05) is 12.0 Å². The molecule has 0 fully saturated rings. The van der Waals surface area contributed by atoms with Crippen LogP contribution in [0.25, 0.3) is 5.57 Å². The first-order chi connectivity index (χ1) is 10.2. The van der Waals surface area contributed by atoms with Crippen LogP contribution in [-0.2, 0) is 9.53 Å². The maximum absolute atomic E-state index is 12.5. The third-order valence-electron chi connectivity index (χ3n) is 4.45. The fourth-order valence-corrected chi connectivity index (χ4v) is 3.56. The number of esters is 1. The first-order valence-electron chi connectivity index (χ1n) is 7.87. The Kier molecular flexibility index (Phi) is 4.37. The molecule has 2 rings (SSSR count). The topological polar surface area (TPSA) is 29.5 Å². The fourth-order valence-electron chi connectivity index (χ4n) is 3.56. The summed E-state index contributed by atoms with van der Waals surface area (Å²) < 4.78 is 5.10. The number of para-hydroxylation sites is 1. The molecule has 1 atom stereocenters. The highest BCUT2D eigenvalue weighted by Crippen LogP contribution is 2.43. The molecule has 3 nitrogen and oxygen atoms in total. The van der Waals surface area contributed by atoms with E-state index in [1.54, 1.807) is 0 Å². The number of hydrogen-bond donors (Lipinski definition) is 0. The van der Waals surface area contributed by atoms with Gasteiger partial charge in [-0.25, -0.2) is 4.79 Å². The zero-order valence-electron chi connectivity index (χ0n) is 14.7. The first-order valence-corrected chi connectivity index (χ1v) is 7.87. The average molecular weight is 301 g/mol. The van der Waals surface area contributed by atoms with Gasteiger partial charge in [0.15, 0.2) is 0 Å². The Morgan fingerprint density at radius 1 is 1.23 bits per heavy atom. The van der Waals surface area contributed by atoms with Gasteiger partial charge in [0, 0.05) is 11.3 Å². The van der Waals surface area contributed by atoms with E-state index in [4.69, 9.17) is 4.74 Å². The third kappa shape index (κ3) is 2.65. The standard InChI is InChI=1S/C19H27NO2/c1-12(2)16(18(21)22-7)20-17-13(3)9-8-10-15(17)14(4)11-19(20,5)6/h8-12,16H,1-7H3. The molecule has 0 bridgehead atoms. The van der Waals surface area contributed by atoms with Crippen molar-refractivity contribution >= 4 is 17.2 Å². The molecule has 0 amide bonds. The van der Waals surface area contributed by atoms with Crippen LogP contribution in [0.5, 0.6) is 0 Å². The SMILES string of the molecule is COC(=O)C(C(C)C)N1c2c(C)cccc2C(C)=CC1(C)C. The quantitative estimate of drug-likeness (QED) is 0.784. The van der Waals surface area contributed by atoms with E-state index in [2.05, 4.69) is 70.7 Å². The zero-order valence-corrected chi connectivity index (χ0v) is 14.7. The second-order valence-electron chi connectivity index (χ2n) is 7.03. The van der Waals surface area contributed by atoms with Gasteiger partial charge in [-0.1, -0.05) is 38.1 Å². The molecule has 0 radical (unpaired) electrons. The number of hydrogen-bond acceptors (Lipinski definition) is 3. The fraction of sp³-hybridized carbons (Fsp3) is 0.526. The van der Waals surface area contributed by atoms with Crippen LogP contribution in [0.3, 0.4) is 0 Å². The van der Waals surface area contributed by atoms with Gasteiger partial charge in [0.2, 0.25) is 0 Å². The number of allylic oxidation sites excluding steroid dienone is 1. The van der Waals surface area contributed by atoms with Gasteiger partial charge in [-0.15, -0.1) is 0 Å². The predicted octanol–water partition coefficient (Wildman–Crippen LogP) is 4.19. The number of nitrogens with zero attached hydrogens (tertiary/aromatic N) is 1. The lowest BCUT2D eigenvalue weighted by molar-refractivity contribution is -0.143. The number of ether oxygens (including phenoxy) is 1. The van der Waals surface area contributed by atoms with Crippen molar-refractivity contribution in [1.82, 2.24) is 0 Å². The summed E-state index contributed by atoms with van der Waals surface area (Å²) in [5, 5.41) is 0. The van der Waals surface area contributed by atoms with Gasteiger partial charge < -0.3 is 9.64 Å². The number of fused-ring (bicyclic) bond motifs is 1. The Bertz CT molecular complexity index is 614. The second kappa shape index (κ2) is 5.79. The monoisotopic (exact) mass is 301 g/mol. The van der Waals surface area contributed by atoms with Gasteiger partial charge >= 0.3 is 5.97 Å². The first kappa shape index (κ1) is 16.6. The molecule has 0 aliphatic carbocycles. The molecular weight excluding hydrogens is 274 g/mol. The lowest BCUT2D eigenvalue weighted by Gasteiger charge is -2.48. The maximum atomic E-state index is 12.5. The Morgan fingerprint density at radius 3 is 2.41 bits per heavy atom. The summed E-state index contributed by atoms with van der Waals surface area (Å²) in [5.74, 6) is -0.0174. The second-order valence-corrected chi connectivity index (χ2v) is 7.03. The van der Waals surface area contributed by atoms with E-state index in [9.17, 15) is 4.79 Å². The van der Waals surface area contributed by atoms with Gasteiger partial charge in [0.05, 0.1) is 12.6 Å². The van der Waals surface area contributed by atoms with E-state index < -0.39 is 0 Å². The maximum Gasteiger partial charge on any atom is 0.328 e. The zero-order chi connectivity index (χ0) is 16.7. The summed E-state index contributed by atoms with van der Waals surface area (Å²) in [6.07, 6.45) is 2.24. The Balaban J connectivity index is 2.71. The highest BCUT2D eigenvalue weighted by molar-refractivity contribution is 5.88. The molecule has 0 N–H and O–H groups in total. The minimum Gasteiger partial charge on any atom is -0.467 e. The van der Waals surface area contributed by atoms with Gasteiger partial charge in [-0.2, -0.15) is 0 Å². The predicted molar refractivity (Wildman–Crippen MR) is 92.0 cm³/mol. The molecule has 1 aliphatic rings. The molecule has 1 aliphatic heterocycles. The van der Waals surface area contributed by atoms with Crippen molar-refractivity contribution in [3.63, 3.8) is 0 Å². The number of benzene rings is 1. The summed E-state index contributed by atoms with van der Waals surface area (Å²) in [6.45, 7) is 12.7. The summed E-state index contributed by atoms with van der Waals surface area (Å²) in [4.78, 5) is 14.7. The molecule has 0 saturated heterocycles. The molecule has 1 aromatic carbocycles. The average Bonchev–Trinajstić information content (AvgIpc) is 2.42. The van der Waals surface area contributed by atoms with E-state index in [0.717, 1.165) is 5.69 Å². The highest BCUT2D eigenvalue weighted by atomic mass is 16.5. The molecule has 0 aromatic heterocycles. The number of aryl methyl sites for hydroxylation is 1. The summed E-state index contributed by atoms with van der Waals surface area (Å²) in [5.41, 5.74) is 4.55. The summed E-state index contributed by atoms with van der Waals surface area (Å²) in [7, 11) is 1.47. The lowest BCUT2D eigenvalue weighted by Crippen LogP contribution is -2.56. The number of carbonyl (C=O) groups is 1. The number of rotatable bonds is 3. The van der Waals surface area contributed by atoms with Gasteiger partial charge in [0.25, 0.3) is 0 Å². The molecule has 1 heterocycles. The molecule has 22 heavy (non-hydrogen) atoms. The van der Waals surface area contributed by atoms with Crippen molar-refractivity contribution in [1.29, 1.82) is 0 Å². The number of anilines is 1. The summed E-state index contributed by atoms with van der Waals surface area (Å²) in [6, 6.07) is 6.01. The van der Waals surface area contributed by atoms with Crippen LogP contribution in [0.4, 0.5) is 5.69 Å². The molecule has 1 unspecified atom stereocenters. The van der Waals surface area contributed by atoms with Crippen molar-refractivity contribution in [3.05, 3.63) is 35.4 Å². The van der Waals surface area contributed by atoms with Crippen LogP contribution in [0, 0.1) is 12.8 Å². The lowest BCUT2D eigenvalue weighted by atomic mass is 9.84. The largest absolute Gasteiger partial charge is 0.467 e. The molecular formula is C19H27NO2. The van der Waals surface area contributed by atoms with E-state index in [0.29, 0.717) is 0 Å². The Hall–Kier alpha value is -1.77. The van der Waals surface area contributed by atoms with Gasteiger partial charge in [-0.05, 0) is 44.7 Å². The van der Waals surface area contributed by atoms with Crippen molar-refractivity contribution < 1.29 is 9.53 Å². The summed E-state index contributed by atoms with van der Waals surface area (Å²) >= 11 is 0. The van der Waals surface area contributed by atoms with Crippen LogP contribution in [0.2, 0.25) is 0 Å². The van der Waals surface area contributed by atoms with Crippen LogP contribution >= 0.6 is 0 Å². The van der Waals surface area contributed by atoms with Crippen molar-refractivity contribution in [2.24, 2.45) is 5.92 Å². The van der Waals surface area contributed by atoms with E-state index in [-0.39, 0.29) is 23.5 Å². The van der Waals surface area contributed by atoms with E-state index >= 15 is 0 Å². The Labute approximate surface area is 134 Å². The third-order valence-corrected chi connectivity index (χ3v) is 4.45. The molecule has 0 spiro atoms. The number of methoxy groups -OCH3 is 1. The molecule has 120 valence electrons.